The Bertz CT molecular complexity index is 3670. The number of amides is 4. The Morgan fingerprint density at radius 3 is 0.700 bits per heavy atom. The van der Waals surface area contributed by atoms with E-state index in [1.807, 2.05) is 48.5 Å². The molecule has 0 aliphatic carbocycles. The van der Waals surface area contributed by atoms with Crippen LogP contribution in [0, 0.1) is 0 Å². The van der Waals surface area contributed by atoms with Crippen molar-refractivity contribution in [2.75, 3.05) is 13.1 Å². The summed E-state index contributed by atoms with van der Waals surface area (Å²) < 4.78 is 29.2. The Morgan fingerprint density at radius 1 is 0.278 bits per heavy atom. The molecule has 10 heteroatoms. The Morgan fingerprint density at radius 2 is 0.489 bits per heavy atom. The Kier molecular flexibility index (Phi) is 17.5. The molecule has 2 heterocycles. The van der Waals surface area contributed by atoms with Crippen LogP contribution in [0.25, 0.3) is 43.1 Å². The van der Waals surface area contributed by atoms with E-state index in [4.69, 9.17) is 18.9 Å². The Hall–Kier alpha value is -8.24. The maximum absolute atomic E-state index is 15.7. The molecular formula is C80H90N2O8. The lowest BCUT2D eigenvalue weighted by atomic mass is 9.80. The summed E-state index contributed by atoms with van der Waals surface area (Å²) in [7, 11) is 0. The molecule has 468 valence electrons. The molecule has 0 fully saturated rings. The van der Waals surface area contributed by atoms with Gasteiger partial charge in [-0.05, 0) is 130 Å². The van der Waals surface area contributed by atoms with Crippen LogP contribution in [0.3, 0.4) is 0 Å². The van der Waals surface area contributed by atoms with Gasteiger partial charge in [-0.25, -0.2) is 0 Å². The molecule has 10 nitrogen and oxygen atoms in total. The Balaban J connectivity index is 1.30. The molecule has 9 aromatic rings. The average molecular weight is 1210 g/mol. The number of carbonyl (C=O) groups excluding carboxylic acids is 4. The summed E-state index contributed by atoms with van der Waals surface area (Å²) in [5, 5.41) is 3.85. The van der Waals surface area contributed by atoms with E-state index in [9.17, 15) is 0 Å². The molecule has 11 rings (SSSR count). The van der Waals surface area contributed by atoms with E-state index in [2.05, 4.69) is 145 Å². The second kappa shape index (κ2) is 24.9. The van der Waals surface area contributed by atoms with E-state index in [0.717, 1.165) is 86.5 Å². The van der Waals surface area contributed by atoms with Gasteiger partial charge in [-0.1, -0.05) is 210 Å². The number of unbranched alkanes of at least 4 members (excludes halogenated alkanes) is 10. The van der Waals surface area contributed by atoms with Gasteiger partial charge in [0.1, 0.15) is 46.0 Å². The largest absolute Gasteiger partial charge is 0.457 e. The number of rotatable bonds is 22. The maximum Gasteiger partial charge on any atom is 0.261 e. The summed E-state index contributed by atoms with van der Waals surface area (Å²) in [6, 6.07) is 39.1. The van der Waals surface area contributed by atoms with Gasteiger partial charge < -0.3 is 18.9 Å². The summed E-state index contributed by atoms with van der Waals surface area (Å²) in [5.74, 6) is 1.54. The van der Waals surface area contributed by atoms with Crippen molar-refractivity contribution in [2.24, 2.45) is 0 Å². The van der Waals surface area contributed by atoms with Crippen LogP contribution in [0.2, 0.25) is 0 Å². The number of ether oxygens (including phenoxy) is 4. The van der Waals surface area contributed by atoms with E-state index >= 15 is 19.2 Å². The van der Waals surface area contributed by atoms with Crippen molar-refractivity contribution in [1.82, 2.24) is 9.80 Å². The van der Waals surface area contributed by atoms with E-state index < -0.39 is 23.6 Å². The van der Waals surface area contributed by atoms with Crippen molar-refractivity contribution in [3.63, 3.8) is 0 Å². The minimum atomic E-state index is -0.429. The van der Waals surface area contributed by atoms with Gasteiger partial charge >= 0.3 is 0 Å². The molecule has 0 N–H and O–H groups in total. The van der Waals surface area contributed by atoms with Gasteiger partial charge in [-0.15, -0.1) is 0 Å². The highest BCUT2D eigenvalue weighted by atomic mass is 16.5. The molecule has 0 atom stereocenters. The third-order valence-corrected chi connectivity index (χ3v) is 18.3. The molecule has 0 saturated heterocycles. The lowest BCUT2D eigenvalue weighted by molar-refractivity contribution is 0.0592. The van der Waals surface area contributed by atoms with Crippen molar-refractivity contribution < 1.29 is 38.1 Å². The number of nitrogens with zero attached hydrogens (tertiary/aromatic N) is 2. The summed E-state index contributed by atoms with van der Waals surface area (Å²) in [6.07, 6.45) is 11.7. The van der Waals surface area contributed by atoms with Crippen LogP contribution in [-0.4, -0.2) is 46.5 Å². The molecule has 0 unspecified atom stereocenters. The number of benzene rings is 9. The van der Waals surface area contributed by atoms with Crippen molar-refractivity contribution >= 4 is 66.7 Å². The predicted molar refractivity (Wildman–Crippen MR) is 366 cm³/mol. The molecule has 0 saturated carbocycles. The quantitative estimate of drug-likeness (QED) is 0.0285. The van der Waals surface area contributed by atoms with Crippen LogP contribution < -0.4 is 18.9 Å². The van der Waals surface area contributed by atoms with Crippen LogP contribution in [0.5, 0.6) is 46.0 Å². The first-order chi connectivity index (χ1) is 42.8. The summed E-state index contributed by atoms with van der Waals surface area (Å²) in [4.78, 5) is 65.5. The third-order valence-electron chi connectivity index (χ3n) is 18.3. The molecule has 0 spiro atoms. The van der Waals surface area contributed by atoms with Gasteiger partial charge in [0, 0.05) is 56.2 Å². The summed E-state index contributed by atoms with van der Waals surface area (Å²) >= 11 is 0. The first-order valence-electron chi connectivity index (χ1n) is 33.0. The number of imide groups is 2. The standard InChI is InChI=1S/C80H90N2O8/c1-15-17-19-21-23-25-43-81-73(83)57-45-61(87-53-35-27-49(28-36-53)77(3,4)5)67-69-63(89-55-39-31-51(32-40-55)79(9,10)11)47-59-66-60(76(86)82(75(59)85)44-26-24-22-20-18-16-2)48-64(90-56-41-33-52(34-42-56)80(12,13)14)70(72(66)69)68-62(46-58(74(81)84)65(57)71(67)68)88-54-37-29-50(30-38-54)78(6,7)8/h27-42,45-48H,15-26,43-44H2,1-14H3. The van der Waals surface area contributed by atoms with Crippen molar-refractivity contribution in [2.45, 2.75) is 196 Å². The lowest BCUT2D eigenvalue weighted by Crippen LogP contribution is -2.41. The lowest BCUT2D eigenvalue weighted by Gasteiger charge is -2.32. The van der Waals surface area contributed by atoms with Crippen LogP contribution in [0.1, 0.15) is 238 Å². The number of fused-ring (bicyclic) bond motifs is 2. The minimum absolute atomic E-state index is 0.157. The SMILES string of the molecule is CCCCCCCCN1C(=O)c2cc(Oc3ccc(C(C)(C)C)cc3)c3c4c(Oc5ccc(C(C)(C)C)cc5)cc5c6c(cc(Oc7ccc(C(C)(C)C)cc7)c(c7c(Oc8ccc(C(C)(C)C)cc8)cc(c2c37)C1=O)c64)C(=O)N(CCCCCCCC)C5=O. The average Bonchev–Trinajstić information content (AvgIpc) is 0.675. The minimum Gasteiger partial charge on any atom is -0.457 e. The molecule has 0 aromatic heterocycles. The van der Waals surface area contributed by atoms with E-state index in [0.29, 0.717) is 124 Å². The first-order valence-corrected chi connectivity index (χ1v) is 33.0. The van der Waals surface area contributed by atoms with Crippen LogP contribution in [0.15, 0.2) is 121 Å². The normalized spacial score (nSPS) is 13.9. The third kappa shape index (κ3) is 12.4. The predicted octanol–water partition coefficient (Wildman–Crippen LogP) is 22.0. The fourth-order valence-corrected chi connectivity index (χ4v) is 13.0. The van der Waals surface area contributed by atoms with Crippen molar-refractivity contribution in [3.8, 4) is 46.0 Å². The van der Waals surface area contributed by atoms with E-state index in [1.54, 1.807) is 24.3 Å². The van der Waals surface area contributed by atoms with Gasteiger partial charge in [0.2, 0.25) is 0 Å². The fraction of sp³-hybridized carbons (Fsp3) is 0.400. The van der Waals surface area contributed by atoms with Gasteiger partial charge in [0.15, 0.2) is 0 Å². The van der Waals surface area contributed by atoms with Gasteiger partial charge in [-0.2, -0.15) is 0 Å². The van der Waals surface area contributed by atoms with Gasteiger partial charge in [0.05, 0.1) is 22.3 Å². The molecule has 0 radical (unpaired) electrons. The molecule has 90 heavy (non-hydrogen) atoms. The monoisotopic (exact) mass is 1210 g/mol. The molecule has 4 amide bonds. The second-order valence-corrected chi connectivity index (χ2v) is 29.3. The highest BCUT2D eigenvalue weighted by Gasteiger charge is 2.42. The van der Waals surface area contributed by atoms with Gasteiger partial charge in [0.25, 0.3) is 23.6 Å². The van der Waals surface area contributed by atoms with Gasteiger partial charge in [-0.3, -0.25) is 29.0 Å². The fourth-order valence-electron chi connectivity index (χ4n) is 13.0. The second-order valence-electron chi connectivity index (χ2n) is 29.3. The zero-order valence-electron chi connectivity index (χ0n) is 55.6. The molecule has 2 aliphatic heterocycles. The number of hydrogen-bond acceptors (Lipinski definition) is 8. The van der Waals surface area contributed by atoms with E-state index in [-0.39, 0.29) is 34.7 Å². The highest BCUT2D eigenvalue weighted by Crippen LogP contribution is 2.58. The summed E-state index contributed by atoms with van der Waals surface area (Å²) in [5.41, 5.74) is 4.97. The molecular weight excluding hydrogens is 1120 g/mol. The van der Waals surface area contributed by atoms with E-state index in [1.165, 1.54) is 9.80 Å². The molecule has 2 aliphatic rings. The number of carbonyl (C=O) groups is 4. The highest BCUT2D eigenvalue weighted by molar-refractivity contribution is 6.44. The number of hydrogen-bond donors (Lipinski definition) is 0. The first kappa shape index (κ1) is 63.3. The maximum atomic E-state index is 15.7. The smallest absolute Gasteiger partial charge is 0.261 e. The molecule has 0 bridgehead atoms. The molecule has 9 aromatic carbocycles. The van der Waals surface area contributed by atoms with Crippen molar-refractivity contribution in [3.05, 3.63) is 166 Å². The Labute approximate surface area is 532 Å². The topological polar surface area (TPSA) is 112 Å². The zero-order chi connectivity index (χ0) is 64.2. The van der Waals surface area contributed by atoms with Crippen LogP contribution in [-0.2, 0) is 21.7 Å². The van der Waals surface area contributed by atoms with Crippen LogP contribution in [0.4, 0.5) is 0 Å². The van der Waals surface area contributed by atoms with Crippen LogP contribution >= 0.6 is 0 Å². The van der Waals surface area contributed by atoms with Crippen molar-refractivity contribution in [1.29, 1.82) is 0 Å². The summed E-state index contributed by atoms with van der Waals surface area (Å²) in [6.45, 7) is 30.8. The zero-order valence-corrected chi connectivity index (χ0v) is 55.6.